The van der Waals surface area contributed by atoms with Gasteiger partial charge in [0.25, 0.3) is 0 Å². The van der Waals surface area contributed by atoms with Crippen LogP contribution < -0.4 is 9.47 Å². The van der Waals surface area contributed by atoms with Crippen LogP contribution in [0.3, 0.4) is 0 Å². The lowest BCUT2D eigenvalue weighted by Crippen LogP contribution is -2.29. The van der Waals surface area contributed by atoms with Crippen molar-refractivity contribution >= 4 is 6.21 Å². The molecule has 0 saturated carbocycles. The molecule has 0 radical (unpaired) electrons. The third-order valence-electron chi connectivity index (χ3n) is 3.32. The number of rotatable bonds is 8. The summed E-state index contributed by atoms with van der Waals surface area (Å²) in [5.74, 6) is 0.666. The summed E-state index contributed by atoms with van der Waals surface area (Å²) in [6, 6.07) is 12.5. The zero-order chi connectivity index (χ0) is 18.3. The highest BCUT2D eigenvalue weighted by Gasteiger charge is 2.33. The van der Waals surface area contributed by atoms with Crippen LogP contribution in [0.1, 0.15) is 11.1 Å². The average molecular weight is 353 g/mol. The maximum Gasteiger partial charge on any atom is 0.417 e. The van der Waals surface area contributed by atoms with Gasteiger partial charge in [-0.2, -0.15) is 13.2 Å². The van der Waals surface area contributed by atoms with Crippen molar-refractivity contribution in [3.63, 3.8) is 0 Å². The Kier molecular flexibility index (Phi) is 6.41. The first kappa shape index (κ1) is 18.8. The maximum absolute atomic E-state index is 13.1. The van der Waals surface area contributed by atoms with Crippen molar-refractivity contribution in [2.45, 2.75) is 12.3 Å². The zero-order valence-electron chi connectivity index (χ0n) is 13.5. The van der Waals surface area contributed by atoms with E-state index in [9.17, 15) is 13.2 Å². The van der Waals surface area contributed by atoms with Crippen LogP contribution in [0, 0.1) is 5.41 Å². The Bertz CT molecular complexity index is 690. The fraction of sp³-hybridized carbons (Fsp3) is 0.278. The molecule has 134 valence electrons. The minimum Gasteiger partial charge on any atom is -0.490 e. The van der Waals surface area contributed by atoms with Gasteiger partial charge in [0.05, 0.1) is 12.2 Å². The molecule has 25 heavy (non-hydrogen) atoms. The lowest BCUT2D eigenvalue weighted by Gasteiger charge is -2.20. The monoisotopic (exact) mass is 353 g/mol. The number of ether oxygens (including phenoxy) is 3. The molecule has 0 spiro atoms. The highest BCUT2D eigenvalue weighted by atomic mass is 19.4. The van der Waals surface area contributed by atoms with Crippen LogP contribution in [-0.4, -0.2) is 32.6 Å². The number of alkyl halides is 3. The van der Waals surface area contributed by atoms with E-state index in [1.807, 2.05) is 18.2 Å². The van der Waals surface area contributed by atoms with Crippen molar-refractivity contribution in [3.8, 4) is 11.5 Å². The molecule has 0 aliphatic heterocycles. The fourth-order valence-electron chi connectivity index (χ4n) is 2.18. The highest BCUT2D eigenvalue weighted by Crippen LogP contribution is 2.34. The second kappa shape index (κ2) is 8.53. The first-order chi connectivity index (χ1) is 11.9. The van der Waals surface area contributed by atoms with Gasteiger partial charge in [-0.1, -0.05) is 18.2 Å². The molecule has 4 nitrogen and oxygen atoms in total. The van der Waals surface area contributed by atoms with Gasteiger partial charge in [0.2, 0.25) is 0 Å². The summed E-state index contributed by atoms with van der Waals surface area (Å²) in [6.45, 7) is 0.270. The summed E-state index contributed by atoms with van der Waals surface area (Å²) in [7, 11) is 1.47. The number of nitrogens with one attached hydrogen (secondary N) is 1. The third-order valence-corrected chi connectivity index (χ3v) is 3.32. The van der Waals surface area contributed by atoms with Crippen LogP contribution in [0.2, 0.25) is 0 Å². The van der Waals surface area contributed by atoms with Crippen molar-refractivity contribution < 1.29 is 27.4 Å². The van der Waals surface area contributed by atoms with E-state index in [1.165, 1.54) is 19.2 Å². The zero-order valence-corrected chi connectivity index (χ0v) is 13.5. The van der Waals surface area contributed by atoms with E-state index in [0.29, 0.717) is 12.0 Å². The molecule has 0 aliphatic carbocycles. The van der Waals surface area contributed by atoms with Crippen LogP contribution in [0.25, 0.3) is 0 Å². The number of hydrogen-bond acceptors (Lipinski definition) is 4. The lowest BCUT2D eigenvalue weighted by atomic mass is 10.1. The Morgan fingerprint density at radius 1 is 1.04 bits per heavy atom. The van der Waals surface area contributed by atoms with Crippen LogP contribution in [0.15, 0.2) is 48.5 Å². The van der Waals surface area contributed by atoms with Gasteiger partial charge in [-0.05, 0) is 30.3 Å². The van der Waals surface area contributed by atoms with Gasteiger partial charge in [-0.15, -0.1) is 0 Å². The molecule has 0 unspecified atom stereocenters. The standard InChI is InChI=1S/C18H18F3NO3/c1-23-11-16(12-24-14-5-3-2-4-6-14)25-15-8-7-13(10-22)17(9-15)18(19,20)21/h2-10,16,22H,11-12H2,1H3/t16-/m1/s1. The van der Waals surface area contributed by atoms with E-state index in [0.717, 1.165) is 6.07 Å². The minimum atomic E-state index is -4.57. The first-order valence-corrected chi connectivity index (χ1v) is 7.49. The largest absolute Gasteiger partial charge is 0.490 e. The van der Waals surface area contributed by atoms with Crippen molar-refractivity contribution in [1.29, 1.82) is 5.41 Å². The van der Waals surface area contributed by atoms with E-state index < -0.39 is 17.8 Å². The summed E-state index contributed by atoms with van der Waals surface area (Å²) in [6.07, 6.45) is -4.49. The third kappa shape index (κ3) is 5.49. The molecule has 2 rings (SSSR count). The molecule has 0 amide bonds. The van der Waals surface area contributed by atoms with Crippen molar-refractivity contribution in [3.05, 3.63) is 59.7 Å². The normalized spacial score (nSPS) is 12.5. The Balaban J connectivity index is 2.12. The van der Waals surface area contributed by atoms with Gasteiger partial charge < -0.3 is 19.6 Å². The van der Waals surface area contributed by atoms with Gasteiger partial charge in [0.1, 0.15) is 18.1 Å². The molecule has 0 saturated heterocycles. The molecule has 7 heteroatoms. The van der Waals surface area contributed by atoms with Crippen molar-refractivity contribution in [1.82, 2.24) is 0 Å². The Morgan fingerprint density at radius 3 is 2.36 bits per heavy atom. The Labute approximate surface area is 143 Å². The summed E-state index contributed by atoms with van der Waals surface area (Å²) in [5.41, 5.74) is -1.14. The molecular formula is C18H18F3NO3. The first-order valence-electron chi connectivity index (χ1n) is 7.49. The van der Waals surface area contributed by atoms with Gasteiger partial charge in [-0.3, -0.25) is 0 Å². The molecule has 1 N–H and O–H groups in total. The van der Waals surface area contributed by atoms with Crippen LogP contribution in [0.4, 0.5) is 13.2 Å². The molecule has 0 bridgehead atoms. The predicted octanol–water partition coefficient (Wildman–Crippen LogP) is 4.18. The van der Waals surface area contributed by atoms with E-state index >= 15 is 0 Å². The van der Waals surface area contributed by atoms with Crippen LogP contribution >= 0.6 is 0 Å². The molecule has 2 aromatic rings. The van der Waals surface area contributed by atoms with Gasteiger partial charge in [0.15, 0.2) is 6.10 Å². The molecule has 0 fully saturated rings. The fourth-order valence-corrected chi connectivity index (χ4v) is 2.18. The summed E-state index contributed by atoms with van der Waals surface area (Å²) in [5, 5.41) is 7.10. The number of methoxy groups -OCH3 is 1. The molecule has 2 aromatic carbocycles. The second-order valence-electron chi connectivity index (χ2n) is 5.21. The molecule has 0 aromatic heterocycles. The van der Waals surface area contributed by atoms with E-state index in [1.54, 1.807) is 12.1 Å². The lowest BCUT2D eigenvalue weighted by molar-refractivity contribution is -0.137. The second-order valence-corrected chi connectivity index (χ2v) is 5.21. The van der Waals surface area contributed by atoms with Crippen molar-refractivity contribution in [2.75, 3.05) is 20.3 Å². The topological polar surface area (TPSA) is 51.5 Å². The van der Waals surface area contributed by atoms with Gasteiger partial charge in [-0.25, -0.2) is 0 Å². The van der Waals surface area contributed by atoms with E-state index in [4.69, 9.17) is 19.6 Å². The van der Waals surface area contributed by atoms with Crippen LogP contribution in [0.5, 0.6) is 11.5 Å². The van der Waals surface area contributed by atoms with E-state index in [2.05, 4.69) is 0 Å². The summed E-state index contributed by atoms with van der Waals surface area (Å²) in [4.78, 5) is 0. The number of para-hydroxylation sites is 1. The van der Waals surface area contributed by atoms with Gasteiger partial charge in [0, 0.05) is 18.9 Å². The number of halogens is 3. The summed E-state index contributed by atoms with van der Waals surface area (Å²) < 4.78 is 55.4. The molecular weight excluding hydrogens is 335 g/mol. The maximum atomic E-state index is 13.1. The van der Waals surface area contributed by atoms with E-state index in [-0.39, 0.29) is 24.5 Å². The number of hydrogen-bond donors (Lipinski definition) is 1. The number of benzene rings is 2. The smallest absolute Gasteiger partial charge is 0.417 e. The molecule has 1 atom stereocenters. The van der Waals surface area contributed by atoms with Crippen molar-refractivity contribution in [2.24, 2.45) is 0 Å². The minimum absolute atomic E-state index is 0.0386. The Hall–Kier alpha value is -2.54. The van der Waals surface area contributed by atoms with Crippen LogP contribution in [-0.2, 0) is 10.9 Å². The van der Waals surface area contributed by atoms with Gasteiger partial charge >= 0.3 is 6.18 Å². The average Bonchev–Trinajstić information content (AvgIpc) is 2.60. The highest BCUT2D eigenvalue weighted by molar-refractivity contribution is 5.80. The quantitative estimate of drug-likeness (QED) is 0.725. The Morgan fingerprint density at radius 2 is 1.76 bits per heavy atom. The molecule has 0 aliphatic rings. The summed E-state index contributed by atoms with van der Waals surface area (Å²) >= 11 is 0. The molecule has 0 heterocycles. The SMILES string of the molecule is COC[C@H](COc1ccccc1)Oc1ccc(C=N)c(C(F)(F)F)c1. The predicted molar refractivity (Wildman–Crippen MR) is 87.6 cm³/mol.